The second kappa shape index (κ2) is 6.36. The maximum absolute atomic E-state index is 12.5. The highest BCUT2D eigenvalue weighted by Crippen LogP contribution is 2.19. The topological polar surface area (TPSA) is 53.8 Å². The van der Waals surface area contributed by atoms with Crippen LogP contribution in [0.1, 0.15) is 20.7 Å². The van der Waals surface area contributed by atoms with E-state index in [9.17, 15) is 9.59 Å². The number of furan rings is 1. The lowest BCUT2D eigenvalue weighted by Crippen LogP contribution is -2.50. The number of halogens is 1. The van der Waals surface area contributed by atoms with Crippen LogP contribution in [-0.2, 0) is 0 Å². The maximum atomic E-state index is 12.5. The summed E-state index contributed by atoms with van der Waals surface area (Å²) in [4.78, 5) is 28.2. The van der Waals surface area contributed by atoms with Crippen molar-refractivity contribution in [1.82, 2.24) is 9.80 Å². The van der Waals surface area contributed by atoms with Gasteiger partial charge in [-0.15, -0.1) is 0 Å². The number of rotatable bonds is 2. The highest BCUT2D eigenvalue weighted by Gasteiger charge is 2.26. The van der Waals surface area contributed by atoms with Gasteiger partial charge in [0.05, 0.1) is 17.4 Å². The van der Waals surface area contributed by atoms with E-state index in [4.69, 9.17) is 4.42 Å². The van der Waals surface area contributed by atoms with Crippen LogP contribution in [0.4, 0.5) is 0 Å². The van der Waals surface area contributed by atoms with E-state index in [1.54, 1.807) is 21.9 Å². The molecule has 1 aromatic carbocycles. The molecule has 2 aromatic rings. The first kappa shape index (κ1) is 14.8. The van der Waals surface area contributed by atoms with Gasteiger partial charge in [-0.2, -0.15) is 0 Å². The Morgan fingerprint density at radius 2 is 1.59 bits per heavy atom. The first-order valence-corrected chi connectivity index (χ1v) is 7.81. The number of benzene rings is 1. The van der Waals surface area contributed by atoms with Crippen LogP contribution >= 0.6 is 15.9 Å². The molecule has 5 nitrogen and oxygen atoms in total. The SMILES string of the molecule is O=C(c1ccoc1)N1CCN(C(=O)c2ccccc2Br)CC1. The number of amides is 2. The van der Waals surface area contributed by atoms with Crippen molar-refractivity contribution in [3.8, 4) is 0 Å². The molecule has 2 heterocycles. The highest BCUT2D eigenvalue weighted by atomic mass is 79.9. The molecule has 1 aliphatic heterocycles. The Labute approximate surface area is 136 Å². The van der Waals surface area contributed by atoms with Crippen LogP contribution in [0, 0.1) is 0 Å². The Balaban J connectivity index is 1.63. The van der Waals surface area contributed by atoms with Gasteiger partial charge in [-0.3, -0.25) is 9.59 Å². The number of carbonyl (C=O) groups excluding carboxylic acids is 2. The molecule has 0 N–H and O–H groups in total. The molecule has 0 atom stereocenters. The van der Waals surface area contributed by atoms with Gasteiger partial charge in [0.15, 0.2) is 0 Å². The molecule has 1 aliphatic rings. The minimum Gasteiger partial charge on any atom is -0.472 e. The summed E-state index contributed by atoms with van der Waals surface area (Å²) in [6.07, 6.45) is 2.93. The second-order valence-electron chi connectivity index (χ2n) is 5.08. The summed E-state index contributed by atoms with van der Waals surface area (Å²) in [6.45, 7) is 2.12. The number of hydrogen-bond donors (Lipinski definition) is 0. The van der Waals surface area contributed by atoms with Crippen molar-refractivity contribution in [2.75, 3.05) is 26.2 Å². The summed E-state index contributed by atoms with van der Waals surface area (Å²) in [5.74, 6) is -0.0652. The normalized spacial score (nSPS) is 15.0. The zero-order valence-electron chi connectivity index (χ0n) is 11.9. The molecule has 114 valence electrons. The average Bonchev–Trinajstić information content (AvgIpc) is 3.09. The van der Waals surface area contributed by atoms with E-state index >= 15 is 0 Å². The monoisotopic (exact) mass is 362 g/mol. The van der Waals surface area contributed by atoms with Gasteiger partial charge in [0.2, 0.25) is 0 Å². The predicted molar refractivity (Wildman–Crippen MR) is 84.7 cm³/mol. The predicted octanol–water partition coefficient (Wildman–Crippen LogP) is 2.64. The summed E-state index contributed by atoms with van der Waals surface area (Å²) in [6, 6.07) is 9.03. The minimum atomic E-state index is -0.0539. The highest BCUT2D eigenvalue weighted by molar-refractivity contribution is 9.10. The minimum absolute atomic E-state index is 0.0112. The van der Waals surface area contributed by atoms with Crippen molar-refractivity contribution in [3.05, 3.63) is 58.5 Å². The van der Waals surface area contributed by atoms with Crippen molar-refractivity contribution in [1.29, 1.82) is 0 Å². The molecule has 0 aliphatic carbocycles. The van der Waals surface area contributed by atoms with Crippen LogP contribution in [0.25, 0.3) is 0 Å². The first-order chi connectivity index (χ1) is 10.7. The zero-order chi connectivity index (χ0) is 15.5. The fourth-order valence-electron chi connectivity index (χ4n) is 2.49. The number of carbonyl (C=O) groups is 2. The molecule has 6 heteroatoms. The molecule has 2 amide bonds. The van der Waals surface area contributed by atoms with Crippen molar-refractivity contribution in [2.45, 2.75) is 0 Å². The van der Waals surface area contributed by atoms with Crippen molar-refractivity contribution >= 4 is 27.7 Å². The number of hydrogen-bond acceptors (Lipinski definition) is 3. The molecule has 22 heavy (non-hydrogen) atoms. The smallest absolute Gasteiger partial charge is 0.257 e. The van der Waals surface area contributed by atoms with E-state index in [-0.39, 0.29) is 11.8 Å². The van der Waals surface area contributed by atoms with Gasteiger partial charge in [-0.1, -0.05) is 12.1 Å². The Bertz CT molecular complexity index is 676. The van der Waals surface area contributed by atoms with Gasteiger partial charge in [-0.05, 0) is 34.1 Å². The Morgan fingerprint density at radius 1 is 0.955 bits per heavy atom. The molecule has 0 bridgehead atoms. The van der Waals surface area contributed by atoms with Crippen LogP contribution in [0.3, 0.4) is 0 Å². The summed E-state index contributed by atoms with van der Waals surface area (Å²) in [5, 5.41) is 0. The van der Waals surface area contributed by atoms with Gasteiger partial charge < -0.3 is 14.2 Å². The Hall–Kier alpha value is -2.08. The third-order valence-corrected chi connectivity index (χ3v) is 4.42. The lowest BCUT2D eigenvalue weighted by atomic mass is 10.1. The van der Waals surface area contributed by atoms with Gasteiger partial charge in [0, 0.05) is 30.7 Å². The third-order valence-electron chi connectivity index (χ3n) is 3.73. The van der Waals surface area contributed by atoms with Crippen LogP contribution in [0.2, 0.25) is 0 Å². The van der Waals surface area contributed by atoms with Gasteiger partial charge in [0.25, 0.3) is 11.8 Å². The van der Waals surface area contributed by atoms with E-state index in [0.29, 0.717) is 37.3 Å². The lowest BCUT2D eigenvalue weighted by molar-refractivity contribution is 0.0534. The molecule has 1 aromatic heterocycles. The van der Waals surface area contributed by atoms with E-state index in [1.807, 2.05) is 18.2 Å². The molecule has 0 spiro atoms. The third kappa shape index (κ3) is 2.92. The summed E-state index contributed by atoms with van der Waals surface area (Å²) < 4.78 is 5.73. The molecule has 0 saturated carbocycles. The van der Waals surface area contributed by atoms with Crippen molar-refractivity contribution in [3.63, 3.8) is 0 Å². The molecular formula is C16H15BrN2O3. The molecular weight excluding hydrogens is 348 g/mol. The van der Waals surface area contributed by atoms with Gasteiger partial charge in [0.1, 0.15) is 6.26 Å². The van der Waals surface area contributed by atoms with E-state index < -0.39 is 0 Å². The van der Waals surface area contributed by atoms with Crippen LogP contribution < -0.4 is 0 Å². The summed E-state index contributed by atoms with van der Waals surface area (Å²) in [7, 11) is 0. The van der Waals surface area contributed by atoms with Crippen LogP contribution in [0.15, 0.2) is 51.7 Å². The van der Waals surface area contributed by atoms with Crippen LogP contribution in [-0.4, -0.2) is 47.8 Å². The molecule has 3 rings (SSSR count). The number of piperazine rings is 1. The first-order valence-electron chi connectivity index (χ1n) is 7.02. The Morgan fingerprint density at radius 3 is 2.18 bits per heavy atom. The van der Waals surface area contributed by atoms with Gasteiger partial charge >= 0.3 is 0 Å². The fraction of sp³-hybridized carbons (Fsp3) is 0.250. The fourth-order valence-corrected chi connectivity index (χ4v) is 2.94. The zero-order valence-corrected chi connectivity index (χ0v) is 13.5. The Kier molecular flexibility index (Phi) is 4.29. The van der Waals surface area contributed by atoms with Crippen molar-refractivity contribution < 1.29 is 14.0 Å². The largest absolute Gasteiger partial charge is 0.472 e. The van der Waals surface area contributed by atoms with Crippen LogP contribution in [0.5, 0.6) is 0 Å². The van der Waals surface area contributed by atoms with E-state index in [2.05, 4.69) is 15.9 Å². The molecule has 1 fully saturated rings. The van der Waals surface area contributed by atoms with Crippen molar-refractivity contribution in [2.24, 2.45) is 0 Å². The number of nitrogens with zero attached hydrogens (tertiary/aromatic N) is 2. The van der Waals surface area contributed by atoms with Gasteiger partial charge in [-0.25, -0.2) is 0 Å². The summed E-state index contributed by atoms with van der Waals surface area (Å²) >= 11 is 3.40. The molecule has 0 unspecified atom stereocenters. The molecule has 0 radical (unpaired) electrons. The van der Waals surface area contributed by atoms with E-state index in [1.165, 1.54) is 12.5 Å². The quantitative estimate of drug-likeness (QED) is 0.824. The standard InChI is InChI=1S/C16H15BrN2O3/c17-14-4-2-1-3-13(14)16(21)19-8-6-18(7-9-19)15(20)12-5-10-22-11-12/h1-5,10-11H,6-9H2. The molecule has 1 saturated heterocycles. The maximum Gasteiger partial charge on any atom is 0.257 e. The lowest BCUT2D eigenvalue weighted by Gasteiger charge is -2.34. The average molecular weight is 363 g/mol. The second-order valence-corrected chi connectivity index (χ2v) is 5.93. The van der Waals surface area contributed by atoms with E-state index in [0.717, 1.165) is 4.47 Å². The summed E-state index contributed by atoms with van der Waals surface area (Å²) in [5.41, 5.74) is 1.20.